The molecule has 1 saturated heterocycles. The van der Waals surface area contributed by atoms with Crippen LogP contribution in [0, 0.1) is 6.92 Å². The number of aromatic nitrogens is 4. The number of carbonyl (C=O) groups excluding carboxylic acids is 1. The lowest BCUT2D eigenvalue weighted by molar-refractivity contribution is 0.0972. The molecule has 0 unspecified atom stereocenters. The molecule has 8 heteroatoms. The van der Waals surface area contributed by atoms with Crippen LogP contribution in [0.5, 0.6) is 0 Å². The number of halogens is 1. The molecule has 0 radical (unpaired) electrons. The SMILES string of the molecule is Cc1ccc(Cl)c2ccnc(N(C(=O)c3ccc(-c4cn(C)nn4)cc3)[C@@H]3CCCNC3)c12. The summed E-state index contributed by atoms with van der Waals surface area (Å²) in [5.74, 6) is 0.581. The number of nitrogens with one attached hydrogen (secondary N) is 1. The van der Waals surface area contributed by atoms with Gasteiger partial charge in [0.15, 0.2) is 0 Å². The first kappa shape index (κ1) is 21.6. The van der Waals surface area contributed by atoms with Crippen LogP contribution in [0.15, 0.2) is 54.9 Å². The lowest BCUT2D eigenvalue weighted by atomic mass is 10.0. The lowest BCUT2D eigenvalue weighted by Gasteiger charge is -2.35. The second kappa shape index (κ2) is 8.92. The predicted molar refractivity (Wildman–Crippen MR) is 131 cm³/mol. The molecular weight excluding hydrogens is 436 g/mol. The molecule has 4 aromatic rings. The summed E-state index contributed by atoms with van der Waals surface area (Å²) in [4.78, 5) is 20.5. The molecule has 1 amide bonds. The highest BCUT2D eigenvalue weighted by molar-refractivity contribution is 6.36. The monoisotopic (exact) mass is 460 g/mol. The normalized spacial score (nSPS) is 16.2. The van der Waals surface area contributed by atoms with E-state index in [4.69, 9.17) is 16.6 Å². The Bertz CT molecular complexity index is 1310. The number of pyridine rings is 1. The van der Waals surface area contributed by atoms with Gasteiger partial charge in [-0.25, -0.2) is 4.98 Å². The van der Waals surface area contributed by atoms with Gasteiger partial charge in [-0.3, -0.25) is 14.4 Å². The van der Waals surface area contributed by atoms with Gasteiger partial charge in [0.25, 0.3) is 5.91 Å². The van der Waals surface area contributed by atoms with Crippen LogP contribution in [0.3, 0.4) is 0 Å². The predicted octanol–water partition coefficient (Wildman–Crippen LogP) is 4.39. The number of amides is 1. The Morgan fingerprint density at radius 3 is 2.70 bits per heavy atom. The molecule has 0 bridgehead atoms. The van der Waals surface area contributed by atoms with E-state index < -0.39 is 0 Å². The summed E-state index contributed by atoms with van der Waals surface area (Å²) in [5.41, 5.74) is 3.33. The van der Waals surface area contributed by atoms with E-state index >= 15 is 0 Å². The smallest absolute Gasteiger partial charge is 0.259 e. The number of piperidine rings is 1. The molecule has 1 N–H and O–H groups in total. The van der Waals surface area contributed by atoms with Crippen molar-refractivity contribution in [2.24, 2.45) is 7.05 Å². The molecule has 33 heavy (non-hydrogen) atoms. The highest BCUT2D eigenvalue weighted by Gasteiger charge is 2.30. The molecule has 1 atom stereocenters. The summed E-state index contributed by atoms with van der Waals surface area (Å²) < 4.78 is 1.66. The molecular formula is C25H25ClN6O. The van der Waals surface area contributed by atoms with Crippen molar-refractivity contribution in [3.63, 3.8) is 0 Å². The van der Waals surface area contributed by atoms with E-state index in [2.05, 4.69) is 15.6 Å². The Morgan fingerprint density at radius 2 is 2.00 bits per heavy atom. The molecule has 2 aromatic heterocycles. The van der Waals surface area contributed by atoms with Crippen molar-refractivity contribution in [2.75, 3.05) is 18.0 Å². The number of benzene rings is 2. The van der Waals surface area contributed by atoms with Crippen molar-refractivity contribution in [3.8, 4) is 11.3 Å². The molecule has 3 heterocycles. The zero-order valence-electron chi connectivity index (χ0n) is 18.6. The topological polar surface area (TPSA) is 75.9 Å². The molecule has 2 aromatic carbocycles. The van der Waals surface area contributed by atoms with Crippen molar-refractivity contribution < 1.29 is 4.79 Å². The van der Waals surface area contributed by atoms with E-state index in [1.54, 1.807) is 10.9 Å². The first-order chi connectivity index (χ1) is 16.0. The Morgan fingerprint density at radius 1 is 1.18 bits per heavy atom. The maximum Gasteiger partial charge on any atom is 0.259 e. The largest absolute Gasteiger partial charge is 0.315 e. The second-order valence-electron chi connectivity index (χ2n) is 8.45. The molecule has 1 aliphatic rings. The highest BCUT2D eigenvalue weighted by Crippen LogP contribution is 2.35. The van der Waals surface area contributed by atoms with Gasteiger partial charge in [0.05, 0.1) is 12.2 Å². The third kappa shape index (κ3) is 4.10. The zero-order chi connectivity index (χ0) is 22.9. The fourth-order valence-corrected chi connectivity index (χ4v) is 4.70. The molecule has 0 saturated carbocycles. The van der Waals surface area contributed by atoms with E-state index in [9.17, 15) is 4.79 Å². The molecule has 0 spiro atoms. The maximum atomic E-state index is 13.9. The summed E-state index contributed by atoms with van der Waals surface area (Å²) in [6, 6.07) is 13.3. The first-order valence-electron chi connectivity index (χ1n) is 11.1. The van der Waals surface area contributed by atoms with Gasteiger partial charge in [-0.2, -0.15) is 0 Å². The van der Waals surface area contributed by atoms with Crippen molar-refractivity contribution >= 4 is 34.1 Å². The molecule has 0 aliphatic carbocycles. The van der Waals surface area contributed by atoms with Gasteiger partial charge >= 0.3 is 0 Å². The molecule has 7 nitrogen and oxygen atoms in total. The standard InChI is InChI=1S/C25H25ClN6O/c1-16-5-10-21(26)20-11-13-28-24(23(16)20)32(19-4-3-12-27-14-19)25(33)18-8-6-17(7-9-18)22-15-31(2)30-29-22/h5-11,13,15,19,27H,3-4,12,14H2,1-2H3/t19-/m1/s1. The van der Waals surface area contributed by atoms with Gasteiger partial charge in [-0.05, 0) is 56.1 Å². The molecule has 1 fully saturated rings. The number of rotatable bonds is 4. The summed E-state index contributed by atoms with van der Waals surface area (Å²) in [5, 5.41) is 14.1. The second-order valence-corrected chi connectivity index (χ2v) is 8.86. The van der Waals surface area contributed by atoms with Crippen LogP contribution in [0.25, 0.3) is 22.0 Å². The fraction of sp³-hybridized carbons (Fsp3) is 0.280. The minimum absolute atomic E-state index is 0.00222. The number of carbonyl (C=O) groups is 1. The molecule has 1 aliphatic heterocycles. The van der Waals surface area contributed by atoms with E-state index in [1.807, 2.05) is 67.5 Å². The van der Waals surface area contributed by atoms with Gasteiger partial charge in [0, 0.05) is 46.7 Å². The van der Waals surface area contributed by atoms with Crippen molar-refractivity contribution in [2.45, 2.75) is 25.8 Å². The third-order valence-electron chi connectivity index (χ3n) is 6.18. The number of nitrogens with zero attached hydrogens (tertiary/aromatic N) is 5. The Hall–Kier alpha value is -3.29. The van der Waals surface area contributed by atoms with Crippen molar-refractivity contribution in [1.82, 2.24) is 25.3 Å². The van der Waals surface area contributed by atoms with Crippen LogP contribution >= 0.6 is 11.6 Å². The lowest BCUT2D eigenvalue weighted by Crippen LogP contribution is -2.49. The number of anilines is 1. The number of hydrogen-bond donors (Lipinski definition) is 1. The van der Waals surface area contributed by atoms with E-state index in [0.29, 0.717) is 16.4 Å². The average molecular weight is 461 g/mol. The Balaban J connectivity index is 1.59. The van der Waals surface area contributed by atoms with Crippen molar-refractivity contribution in [1.29, 1.82) is 0 Å². The van der Waals surface area contributed by atoms with Crippen LogP contribution in [0.2, 0.25) is 5.02 Å². The zero-order valence-corrected chi connectivity index (χ0v) is 19.4. The van der Waals surface area contributed by atoms with Crippen LogP contribution in [0.1, 0.15) is 28.8 Å². The van der Waals surface area contributed by atoms with Crippen LogP contribution in [-0.4, -0.2) is 45.0 Å². The molecule has 168 valence electrons. The van der Waals surface area contributed by atoms with E-state index in [-0.39, 0.29) is 11.9 Å². The Kier molecular flexibility index (Phi) is 5.83. The van der Waals surface area contributed by atoms with Crippen LogP contribution < -0.4 is 10.2 Å². The highest BCUT2D eigenvalue weighted by atomic mass is 35.5. The maximum absolute atomic E-state index is 13.9. The van der Waals surface area contributed by atoms with Crippen LogP contribution in [-0.2, 0) is 7.05 Å². The summed E-state index contributed by atoms with van der Waals surface area (Å²) in [7, 11) is 1.83. The quantitative estimate of drug-likeness (QED) is 0.488. The minimum Gasteiger partial charge on any atom is -0.315 e. The number of fused-ring (bicyclic) bond motifs is 1. The first-order valence-corrected chi connectivity index (χ1v) is 11.5. The number of aryl methyl sites for hydroxylation is 2. The van der Waals surface area contributed by atoms with E-state index in [1.165, 1.54) is 0 Å². The number of hydrogen-bond acceptors (Lipinski definition) is 5. The Labute approximate surface area is 197 Å². The van der Waals surface area contributed by atoms with Crippen LogP contribution in [0.4, 0.5) is 5.82 Å². The van der Waals surface area contributed by atoms with Gasteiger partial charge < -0.3 is 5.32 Å². The van der Waals surface area contributed by atoms with Gasteiger partial charge in [0.2, 0.25) is 0 Å². The van der Waals surface area contributed by atoms with Gasteiger partial charge in [0.1, 0.15) is 11.5 Å². The summed E-state index contributed by atoms with van der Waals surface area (Å²) in [6.07, 6.45) is 5.50. The minimum atomic E-state index is -0.0752. The van der Waals surface area contributed by atoms with E-state index in [0.717, 1.165) is 53.5 Å². The summed E-state index contributed by atoms with van der Waals surface area (Å²) in [6.45, 7) is 3.71. The average Bonchev–Trinajstić information content (AvgIpc) is 3.29. The summed E-state index contributed by atoms with van der Waals surface area (Å²) >= 11 is 6.51. The fourth-order valence-electron chi connectivity index (χ4n) is 4.48. The van der Waals surface area contributed by atoms with Gasteiger partial charge in [-0.1, -0.05) is 35.0 Å². The van der Waals surface area contributed by atoms with Gasteiger partial charge in [-0.15, -0.1) is 5.10 Å². The molecule has 5 rings (SSSR count). The van der Waals surface area contributed by atoms with Crippen molar-refractivity contribution in [3.05, 3.63) is 71.0 Å². The third-order valence-corrected chi connectivity index (χ3v) is 6.51.